The Morgan fingerprint density at radius 1 is 1.26 bits per heavy atom. The van der Waals surface area contributed by atoms with Gasteiger partial charge in [-0.15, -0.1) is 0 Å². The number of aromatic hydroxyl groups is 1. The van der Waals surface area contributed by atoms with Crippen LogP contribution in [0.3, 0.4) is 0 Å². The van der Waals surface area contributed by atoms with E-state index in [1.807, 2.05) is 0 Å². The molecule has 0 aliphatic carbocycles. The van der Waals surface area contributed by atoms with Crippen LogP contribution in [-0.4, -0.2) is 34.9 Å². The highest BCUT2D eigenvalue weighted by molar-refractivity contribution is 5.96. The Balaban J connectivity index is 1.96. The highest BCUT2D eigenvalue weighted by Crippen LogP contribution is 2.24. The van der Waals surface area contributed by atoms with E-state index in [1.165, 1.54) is 6.07 Å². The summed E-state index contributed by atoms with van der Waals surface area (Å²) in [7, 11) is 0. The monoisotopic (exact) mass is 262 g/mol. The molecular formula is C14H18N2O3. The van der Waals surface area contributed by atoms with Gasteiger partial charge in [0.15, 0.2) is 0 Å². The second-order valence-corrected chi connectivity index (χ2v) is 4.92. The average molecular weight is 262 g/mol. The molecule has 1 aliphatic rings. The molecule has 3 N–H and O–H groups in total. The van der Waals surface area contributed by atoms with E-state index in [-0.39, 0.29) is 23.5 Å². The van der Waals surface area contributed by atoms with Gasteiger partial charge in [-0.1, -0.05) is 12.1 Å². The Bertz CT molecular complexity index is 479. The smallest absolute Gasteiger partial charge is 0.257 e. The van der Waals surface area contributed by atoms with Gasteiger partial charge in [0.1, 0.15) is 5.75 Å². The summed E-state index contributed by atoms with van der Waals surface area (Å²) in [5.41, 5.74) is 5.51. The number of hydrogen-bond donors (Lipinski definition) is 2. The molecule has 102 valence electrons. The normalized spacial score (nSPS) is 16.3. The minimum Gasteiger partial charge on any atom is -0.507 e. The number of amides is 2. The molecular weight excluding hydrogens is 244 g/mol. The number of carbonyl (C=O) groups is 2. The number of carbonyl (C=O) groups excluding carboxylic acids is 2. The van der Waals surface area contributed by atoms with E-state index in [9.17, 15) is 14.7 Å². The van der Waals surface area contributed by atoms with Crippen LogP contribution in [0.25, 0.3) is 0 Å². The SMILES string of the molecule is NC(=O)CC1CCN(C(=O)c2ccccc2O)CC1. The van der Waals surface area contributed by atoms with Crippen molar-refractivity contribution in [1.29, 1.82) is 0 Å². The van der Waals surface area contributed by atoms with Gasteiger partial charge in [0, 0.05) is 19.5 Å². The highest BCUT2D eigenvalue weighted by atomic mass is 16.3. The quantitative estimate of drug-likeness (QED) is 0.856. The molecule has 1 fully saturated rings. The molecule has 1 heterocycles. The molecule has 5 heteroatoms. The summed E-state index contributed by atoms with van der Waals surface area (Å²) >= 11 is 0. The number of para-hydroxylation sites is 1. The van der Waals surface area contributed by atoms with Crippen molar-refractivity contribution < 1.29 is 14.7 Å². The summed E-state index contributed by atoms with van der Waals surface area (Å²) in [6.07, 6.45) is 1.95. The van der Waals surface area contributed by atoms with Crippen LogP contribution >= 0.6 is 0 Å². The lowest BCUT2D eigenvalue weighted by Gasteiger charge is -2.31. The van der Waals surface area contributed by atoms with Crippen molar-refractivity contribution >= 4 is 11.8 Å². The maximum atomic E-state index is 12.2. The van der Waals surface area contributed by atoms with Crippen LogP contribution in [0.4, 0.5) is 0 Å². The van der Waals surface area contributed by atoms with Crippen molar-refractivity contribution in [2.24, 2.45) is 11.7 Å². The molecule has 0 atom stereocenters. The van der Waals surface area contributed by atoms with Crippen molar-refractivity contribution in [2.45, 2.75) is 19.3 Å². The fourth-order valence-electron chi connectivity index (χ4n) is 2.45. The maximum Gasteiger partial charge on any atom is 0.257 e. The van der Waals surface area contributed by atoms with E-state index in [2.05, 4.69) is 0 Å². The third-order valence-electron chi connectivity index (χ3n) is 3.53. The molecule has 19 heavy (non-hydrogen) atoms. The second kappa shape index (κ2) is 5.73. The fourth-order valence-corrected chi connectivity index (χ4v) is 2.45. The van der Waals surface area contributed by atoms with Crippen LogP contribution in [0, 0.1) is 5.92 Å². The molecule has 1 aromatic carbocycles. The molecule has 0 radical (unpaired) electrons. The molecule has 5 nitrogen and oxygen atoms in total. The number of phenols is 1. The lowest BCUT2D eigenvalue weighted by Crippen LogP contribution is -2.39. The fraction of sp³-hybridized carbons (Fsp3) is 0.429. The third kappa shape index (κ3) is 3.24. The zero-order chi connectivity index (χ0) is 13.8. The molecule has 0 aromatic heterocycles. The molecule has 0 bridgehead atoms. The Morgan fingerprint density at radius 2 is 1.89 bits per heavy atom. The topological polar surface area (TPSA) is 83.6 Å². The minimum atomic E-state index is -0.287. The number of nitrogens with zero attached hydrogens (tertiary/aromatic N) is 1. The number of rotatable bonds is 3. The summed E-state index contributed by atoms with van der Waals surface area (Å²) < 4.78 is 0. The number of benzene rings is 1. The van der Waals surface area contributed by atoms with E-state index >= 15 is 0 Å². The zero-order valence-corrected chi connectivity index (χ0v) is 10.7. The molecule has 0 unspecified atom stereocenters. The standard InChI is InChI=1S/C14H18N2O3/c15-13(18)9-10-5-7-16(8-6-10)14(19)11-3-1-2-4-12(11)17/h1-4,10,17H,5-9H2,(H2,15,18). The van der Waals surface area contributed by atoms with Gasteiger partial charge in [-0.05, 0) is 30.9 Å². The van der Waals surface area contributed by atoms with Crippen molar-refractivity contribution in [3.8, 4) is 5.75 Å². The van der Waals surface area contributed by atoms with Crippen molar-refractivity contribution in [2.75, 3.05) is 13.1 Å². The van der Waals surface area contributed by atoms with E-state index in [4.69, 9.17) is 5.73 Å². The third-order valence-corrected chi connectivity index (χ3v) is 3.53. The van der Waals surface area contributed by atoms with Crippen LogP contribution in [-0.2, 0) is 4.79 Å². The predicted molar refractivity (Wildman–Crippen MR) is 70.5 cm³/mol. The van der Waals surface area contributed by atoms with E-state index in [0.29, 0.717) is 25.1 Å². The summed E-state index contributed by atoms with van der Waals surface area (Å²) in [6.45, 7) is 1.20. The Hall–Kier alpha value is -2.04. The van der Waals surface area contributed by atoms with Crippen LogP contribution in [0.1, 0.15) is 29.6 Å². The molecule has 1 saturated heterocycles. The van der Waals surface area contributed by atoms with Gasteiger partial charge < -0.3 is 15.7 Å². The molecule has 2 amide bonds. The second-order valence-electron chi connectivity index (χ2n) is 4.92. The van der Waals surface area contributed by atoms with Crippen molar-refractivity contribution in [3.63, 3.8) is 0 Å². The van der Waals surface area contributed by atoms with E-state index in [0.717, 1.165) is 12.8 Å². The molecule has 0 spiro atoms. The number of primary amides is 1. The van der Waals surface area contributed by atoms with Crippen LogP contribution in [0.2, 0.25) is 0 Å². The summed E-state index contributed by atoms with van der Waals surface area (Å²) in [5.74, 6) is -0.168. The zero-order valence-electron chi connectivity index (χ0n) is 10.7. The highest BCUT2D eigenvalue weighted by Gasteiger charge is 2.25. The van der Waals surface area contributed by atoms with Gasteiger partial charge in [-0.25, -0.2) is 0 Å². The van der Waals surface area contributed by atoms with Gasteiger partial charge >= 0.3 is 0 Å². The number of piperidine rings is 1. The summed E-state index contributed by atoms with van der Waals surface area (Å²) in [6, 6.07) is 6.54. The van der Waals surface area contributed by atoms with Crippen LogP contribution in [0.5, 0.6) is 5.75 Å². The van der Waals surface area contributed by atoms with Gasteiger partial charge in [0.05, 0.1) is 5.56 Å². The first-order chi connectivity index (χ1) is 9.08. The van der Waals surface area contributed by atoms with Gasteiger partial charge in [-0.2, -0.15) is 0 Å². The van der Waals surface area contributed by atoms with Crippen LogP contribution in [0.15, 0.2) is 24.3 Å². The molecule has 1 aromatic rings. The first-order valence-corrected chi connectivity index (χ1v) is 6.43. The largest absolute Gasteiger partial charge is 0.507 e. The number of phenolic OH excluding ortho intramolecular Hbond substituents is 1. The van der Waals surface area contributed by atoms with E-state index < -0.39 is 0 Å². The van der Waals surface area contributed by atoms with Crippen molar-refractivity contribution in [3.05, 3.63) is 29.8 Å². The first-order valence-electron chi connectivity index (χ1n) is 6.43. The molecule has 0 saturated carbocycles. The van der Waals surface area contributed by atoms with Gasteiger partial charge in [0.2, 0.25) is 5.91 Å². The first kappa shape index (κ1) is 13.4. The van der Waals surface area contributed by atoms with Crippen LogP contribution < -0.4 is 5.73 Å². The maximum absolute atomic E-state index is 12.2. The van der Waals surface area contributed by atoms with E-state index in [1.54, 1.807) is 23.1 Å². The minimum absolute atomic E-state index is 0.00626. The number of likely N-dealkylation sites (tertiary alicyclic amines) is 1. The Kier molecular flexibility index (Phi) is 4.04. The summed E-state index contributed by atoms with van der Waals surface area (Å²) in [4.78, 5) is 24.8. The Morgan fingerprint density at radius 3 is 2.47 bits per heavy atom. The number of nitrogens with two attached hydrogens (primary N) is 1. The summed E-state index contributed by atoms with van der Waals surface area (Å²) in [5, 5.41) is 9.67. The van der Waals surface area contributed by atoms with Gasteiger partial charge in [0.25, 0.3) is 5.91 Å². The van der Waals surface area contributed by atoms with Crippen molar-refractivity contribution in [1.82, 2.24) is 4.90 Å². The Labute approximate surface area is 112 Å². The number of hydrogen-bond acceptors (Lipinski definition) is 3. The lowest BCUT2D eigenvalue weighted by atomic mass is 9.93. The molecule has 1 aliphatic heterocycles. The van der Waals surface area contributed by atoms with Gasteiger partial charge in [-0.3, -0.25) is 9.59 Å². The lowest BCUT2D eigenvalue weighted by molar-refractivity contribution is -0.119. The predicted octanol–water partition coefficient (Wildman–Crippen LogP) is 1.12. The average Bonchev–Trinajstić information content (AvgIpc) is 2.39. The molecule has 2 rings (SSSR count).